The molecule has 0 saturated carbocycles. The van der Waals surface area contributed by atoms with E-state index in [1.54, 1.807) is 36.4 Å². The first-order valence-corrected chi connectivity index (χ1v) is 8.74. The van der Waals surface area contributed by atoms with Crippen LogP contribution in [0.25, 0.3) is 0 Å². The third kappa shape index (κ3) is 4.88. The molecule has 0 aliphatic carbocycles. The first kappa shape index (κ1) is 19.0. The van der Waals surface area contributed by atoms with Crippen molar-refractivity contribution in [2.45, 2.75) is 13.5 Å². The van der Waals surface area contributed by atoms with Crippen LogP contribution in [0.4, 0.5) is 5.69 Å². The zero-order valence-corrected chi connectivity index (χ0v) is 15.3. The molecule has 2 amide bonds. The second kappa shape index (κ2) is 8.73. The Balaban J connectivity index is 1.65. The summed E-state index contributed by atoms with van der Waals surface area (Å²) < 4.78 is 0. The van der Waals surface area contributed by atoms with Crippen LogP contribution in [0.5, 0.6) is 0 Å². The summed E-state index contributed by atoms with van der Waals surface area (Å²) in [6, 6.07) is 20.8. The van der Waals surface area contributed by atoms with E-state index in [4.69, 9.17) is 0 Å². The zero-order valence-electron chi connectivity index (χ0n) is 15.3. The number of hydrogen-bond donors (Lipinski definition) is 2. The van der Waals surface area contributed by atoms with E-state index in [-0.39, 0.29) is 23.1 Å². The molecule has 140 valence electrons. The Morgan fingerprint density at radius 3 is 2.07 bits per heavy atom. The summed E-state index contributed by atoms with van der Waals surface area (Å²) in [7, 11) is 0. The number of ketones is 1. The van der Waals surface area contributed by atoms with Crippen LogP contribution in [-0.2, 0) is 6.54 Å². The largest absolute Gasteiger partial charge is 0.347 e. The Bertz CT molecular complexity index is 999. The third-order valence-electron chi connectivity index (χ3n) is 4.06. The number of amides is 2. The molecule has 0 aliphatic rings. The smallest absolute Gasteiger partial charge is 0.274 e. The van der Waals surface area contributed by atoms with Crippen molar-refractivity contribution in [3.8, 4) is 0 Å². The number of pyridine rings is 1. The Labute approximate surface area is 162 Å². The molecule has 0 aliphatic heterocycles. The van der Waals surface area contributed by atoms with Gasteiger partial charge in [0.1, 0.15) is 11.4 Å². The van der Waals surface area contributed by atoms with Gasteiger partial charge in [0.15, 0.2) is 5.78 Å². The van der Waals surface area contributed by atoms with Gasteiger partial charge in [-0.2, -0.15) is 0 Å². The molecule has 0 atom stereocenters. The normalized spacial score (nSPS) is 10.2. The lowest BCUT2D eigenvalue weighted by molar-refractivity contribution is 0.0944. The molecule has 2 N–H and O–H groups in total. The van der Waals surface area contributed by atoms with Gasteiger partial charge in [-0.25, -0.2) is 4.98 Å². The summed E-state index contributed by atoms with van der Waals surface area (Å²) in [6.45, 7) is 1.85. The van der Waals surface area contributed by atoms with Gasteiger partial charge in [-0.3, -0.25) is 14.4 Å². The van der Waals surface area contributed by atoms with Crippen molar-refractivity contribution < 1.29 is 14.4 Å². The SMILES string of the molecule is CC(=O)c1ccc(NC(=O)c2cccc(C(=O)NCc3ccccc3)n2)cc1. The van der Waals surface area contributed by atoms with Crippen molar-refractivity contribution >= 4 is 23.3 Å². The number of Topliss-reactive ketones (excluding diaryl/α,β-unsaturated/α-hetero) is 1. The lowest BCUT2D eigenvalue weighted by atomic mass is 10.1. The second-order valence-electron chi connectivity index (χ2n) is 6.16. The van der Waals surface area contributed by atoms with Crippen LogP contribution in [0.15, 0.2) is 72.8 Å². The average Bonchev–Trinajstić information content (AvgIpc) is 2.73. The highest BCUT2D eigenvalue weighted by atomic mass is 16.2. The fourth-order valence-corrected chi connectivity index (χ4v) is 2.54. The fourth-order valence-electron chi connectivity index (χ4n) is 2.54. The maximum Gasteiger partial charge on any atom is 0.274 e. The van der Waals surface area contributed by atoms with Crippen molar-refractivity contribution in [1.82, 2.24) is 10.3 Å². The minimum Gasteiger partial charge on any atom is -0.347 e. The number of anilines is 1. The molecule has 3 rings (SSSR count). The predicted molar refractivity (Wildman–Crippen MR) is 106 cm³/mol. The Morgan fingerprint density at radius 1 is 0.786 bits per heavy atom. The minimum atomic E-state index is -0.437. The van der Waals surface area contributed by atoms with Crippen molar-refractivity contribution in [2.75, 3.05) is 5.32 Å². The summed E-state index contributed by atoms with van der Waals surface area (Å²) in [5.41, 5.74) is 2.36. The molecule has 0 fully saturated rings. The lowest BCUT2D eigenvalue weighted by Gasteiger charge is -2.08. The summed E-state index contributed by atoms with van der Waals surface area (Å²) in [4.78, 5) is 40.2. The highest BCUT2D eigenvalue weighted by molar-refractivity contribution is 6.04. The van der Waals surface area contributed by atoms with Crippen LogP contribution in [0, 0.1) is 0 Å². The first-order chi connectivity index (χ1) is 13.5. The van der Waals surface area contributed by atoms with Crippen molar-refractivity contribution in [2.24, 2.45) is 0 Å². The molecular weight excluding hydrogens is 354 g/mol. The van der Waals surface area contributed by atoms with E-state index < -0.39 is 5.91 Å². The van der Waals surface area contributed by atoms with Crippen molar-refractivity contribution in [1.29, 1.82) is 0 Å². The van der Waals surface area contributed by atoms with E-state index in [9.17, 15) is 14.4 Å². The van der Waals surface area contributed by atoms with Gasteiger partial charge in [-0.1, -0.05) is 36.4 Å². The van der Waals surface area contributed by atoms with E-state index in [1.165, 1.54) is 13.0 Å². The molecule has 0 unspecified atom stereocenters. The van der Waals surface area contributed by atoms with E-state index in [2.05, 4.69) is 15.6 Å². The van der Waals surface area contributed by atoms with E-state index in [0.717, 1.165) is 5.56 Å². The Hall–Kier alpha value is -3.80. The number of carbonyl (C=O) groups is 3. The number of hydrogen-bond acceptors (Lipinski definition) is 4. The number of nitrogens with zero attached hydrogens (tertiary/aromatic N) is 1. The van der Waals surface area contributed by atoms with Gasteiger partial charge in [0.05, 0.1) is 0 Å². The highest BCUT2D eigenvalue weighted by Crippen LogP contribution is 2.12. The molecule has 28 heavy (non-hydrogen) atoms. The minimum absolute atomic E-state index is 0.0474. The van der Waals surface area contributed by atoms with E-state index >= 15 is 0 Å². The second-order valence-corrected chi connectivity index (χ2v) is 6.16. The van der Waals surface area contributed by atoms with Crippen LogP contribution in [0.2, 0.25) is 0 Å². The van der Waals surface area contributed by atoms with Crippen molar-refractivity contribution in [3.63, 3.8) is 0 Å². The van der Waals surface area contributed by atoms with Gasteiger partial charge in [-0.05, 0) is 48.9 Å². The average molecular weight is 373 g/mol. The topological polar surface area (TPSA) is 88.2 Å². The van der Waals surface area contributed by atoms with Gasteiger partial charge >= 0.3 is 0 Å². The predicted octanol–water partition coefficient (Wildman–Crippen LogP) is 3.47. The maximum absolute atomic E-state index is 12.4. The molecule has 2 aromatic carbocycles. The molecule has 1 aromatic heterocycles. The summed E-state index contributed by atoms with van der Waals surface area (Å²) in [5, 5.41) is 5.49. The van der Waals surface area contributed by atoms with Crippen LogP contribution in [-0.4, -0.2) is 22.6 Å². The molecular formula is C22H19N3O3. The Kier molecular flexibility index (Phi) is 5.91. The third-order valence-corrected chi connectivity index (χ3v) is 4.06. The van der Waals surface area contributed by atoms with E-state index in [0.29, 0.717) is 17.8 Å². The number of aromatic nitrogens is 1. The lowest BCUT2D eigenvalue weighted by Crippen LogP contribution is -2.25. The van der Waals surface area contributed by atoms with Crippen LogP contribution in [0.1, 0.15) is 43.8 Å². The van der Waals surface area contributed by atoms with E-state index in [1.807, 2.05) is 30.3 Å². The Morgan fingerprint density at radius 2 is 1.43 bits per heavy atom. The zero-order chi connectivity index (χ0) is 19.9. The van der Waals surface area contributed by atoms with Crippen LogP contribution in [0.3, 0.4) is 0 Å². The van der Waals surface area contributed by atoms with Gasteiger partial charge in [0.2, 0.25) is 0 Å². The quantitative estimate of drug-likeness (QED) is 0.648. The summed E-state index contributed by atoms with van der Waals surface area (Å²) in [5.74, 6) is -0.841. The monoisotopic (exact) mass is 373 g/mol. The molecule has 6 nitrogen and oxygen atoms in total. The maximum atomic E-state index is 12.4. The highest BCUT2D eigenvalue weighted by Gasteiger charge is 2.13. The molecule has 0 radical (unpaired) electrons. The fraction of sp³-hybridized carbons (Fsp3) is 0.0909. The van der Waals surface area contributed by atoms with Crippen LogP contribution >= 0.6 is 0 Å². The van der Waals surface area contributed by atoms with Gasteiger partial charge in [0, 0.05) is 17.8 Å². The molecule has 0 spiro atoms. The molecule has 3 aromatic rings. The van der Waals surface area contributed by atoms with Crippen molar-refractivity contribution in [3.05, 3.63) is 95.3 Å². The standard InChI is InChI=1S/C22H19N3O3/c1-15(26)17-10-12-18(13-11-17)24-22(28)20-9-5-8-19(25-20)21(27)23-14-16-6-3-2-4-7-16/h2-13H,14H2,1H3,(H,23,27)(H,24,28). The van der Waals surface area contributed by atoms with Gasteiger partial charge in [0.25, 0.3) is 11.8 Å². The van der Waals surface area contributed by atoms with Crippen LogP contribution < -0.4 is 10.6 Å². The molecule has 6 heteroatoms. The molecule has 0 bridgehead atoms. The summed E-state index contributed by atoms with van der Waals surface area (Å²) >= 11 is 0. The summed E-state index contributed by atoms with van der Waals surface area (Å²) in [6.07, 6.45) is 0. The molecule has 1 heterocycles. The number of rotatable bonds is 6. The molecule has 0 saturated heterocycles. The number of carbonyl (C=O) groups excluding carboxylic acids is 3. The number of benzene rings is 2. The first-order valence-electron chi connectivity index (χ1n) is 8.74. The van der Waals surface area contributed by atoms with Gasteiger partial charge in [-0.15, -0.1) is 0 Å². The number of nitrogens with one attached hydrogen (secondary N) is 2. The van der Waals surface area contributed by atoms with Gasteiger partial charge < -0.3 is 10.6 Å².